The van der Waals surface area contributed by atoms with E-state index in [4.69, 9.17) is 0 Å². The van der Waals surface area contributed by atoms with Crippen LogP contribution in [0.2, 0.25) is 0 Å². The number of anilines is 1. The molecule has 34 heavy (non-hydrogen) atoms. The molecule has 0 unspecified atom stereocenters. The van der Waals surface area contributed by atoms with Crippen LogP contribution in [0.3, 0.4) is 0 Å². The molecular weight excluding hydrogens is 475 g/mol. The summed E-state index contributed by atoms with van der Waals surface area (Å²) in [5, 5.41) is 0. The standard InChI is InChI=1S/C21H16F3N5O4S/c22-21(23,24)34(32,33)15-3-1-14(2-4-15)29-18(30)20(6-7-20)28(19(29)31)12-13-5-8-25-11-16(13)17-26-9-10-27-17/h1-5,8-11H,6-7,12H2,(H,26,27). The van der Waals surface area contributed by atoms with Gasteiger partial charge in [-0.2, -0.15) is 13.2 Å². The van der Waals surface area contributed by atoms with E-state index in [1.54, 1.807) is 30.9 Å². The molecule has 176 valence electrons. The van der Waals surface area contributed by atoms with Crippen LogP contribution in [0.25, 0.3) is 11.4 Å². The quantitative estimate of drug-likeness (QED) is 0.548. The first-order valence-corrected chi connectivity index (χ1v) is 11.5. The Kier molecular flexibility index (Phi) is 4.79. The normalized spacial score (nSPS) is 17.6. The number of imidazole rings is 1. The molecule has 3 heterocycles. The van der Waals surface area contributed by atoms with Crippen LogP contribution in [-0.2, 0) is 21.2 Å². The highest BCUT2D eigenvalue weighted by atomic mass is 32.2. The predicted molar refractivity (Wildman–Crippen MR) is 112 cm³/mol. The minimum Gasteiger partial charge on any atom is -0.345 e. The number of benzene rings is 1. The average molecular weight is 491 g/mol. The fourth-order valence-corrected chi connectivity index (χ4v) is 4.79. The summed E-state index contributed by atoms with van der Waals surface area (Å²) in [6.45, 7) is 0.0835. The van der Waals surface area contributed by atoms with E-state index in [0.717, 1.165) is 29.2 Å². The van der Waals surface area contributed by atoms with Crippen LogP contribution in [0.1, 0.15) is 18.4 Å². The number of hydrogen-bond acceptors (Lipinski definition) is 6. The number of carbonyl (C=O) groups excluding carboxylic acids is 2. The van der Waals surface area contributed by atoms with Crippen molar-refractivity contribution in [1.82, 2.24) is 19.9 Å². The zero-order valence-corrected chi connectivity index (χ0v) is 18.1. The zero-order chi connectivity index (χ0) is 24.3. The number of H-pyrrole nitrogens is 1. The fourth-order valence-electron chi connectivity index (χ4n) is 4.03. The number of nitrogens with one attached hydrogen (secondary N) is 1. The third kappa shape index (κ3) is 3.26. The lowest BCUT2D eigenvalue weighted by molar-refractivity contribution is -0.120. The van der Waals surface area contributed by atoms with Gasteiger partial charge >= 0.3 is 11.5 Å². The molecule has 5 rings (SSSR count). The Bertz CT molecular complexity index is 1380. The maximum absolute atomic E-state index is 13.3. The van der Waals surface area contributed by atoms with Crippen LogP contribution in [0.15, 0.2) is 60.0 Å². The number of halogens is 3. The zero-order valence-electron chi connectivity index (χ0n) is 17.3. The minimum atomic E-state index is -5.55. The monoisotopic (exact) mass is 491 g/mol. The molecule has 1 saturated carbocycles. The Labute approximate surface area is 191 Å². The topological polar surface area (TPSA) is 116 Å². The summed E-state index contributed by atoms with van der Waals surface area (Å²) < 4.78 is 61.7. The van der Waals surface area contributed by atoms with Gasteiger partial charge in [0.1, 0.15) is 11.4 Å². The lowest BCUT2D eigenvalue weighted by Gasteiger charge is -2.22. The smallest absolute Gasteiger partial charge is 0.345 e. The van der Waals surface area contributed by atoms with Crippen molar-refractivity contribution in [2.45, 2.75) is 35.3 Å². The van der Waals surface area contributed by atoms with Crippen LogP contribution in [0, 0.1) is 0 Å². The number of sulfone groups is 1. The first kappa shape index (κ1) is 22.1. The van der Waals surface area contributed by atoms with Crippen molar-refractivity contribution in [3.8, 4) is 11.4 Å². The molecule has 9 nitrogen and oxygen atoms in total. The lowest BCUT2D eigenvalue weighted by Crippen LogP contribution is -2.36. The summed E-state index contributed by atoms with van der Waals surface area (Å²) in [5.41, 5.74) is -5.16. The highest BCUT2D eigenvalue weighted by molar-refractivity contribution is 7.92. The Morgan fingerprint density at radius 3 is 2.35 bits per heavy atom. The van der Waals surface area contributed by atoms with Gasteiger partial charge in [-0.25, -0.2) is 23.1 Å². The number of hydrogen-bond donors (Lipinski definition) is 1. The second-order valence-corrected chi connectivity index (χ2v) is 9.90. The summed E-state index contributed by atoms with van der Waals surface area (Å²) in [7, 11) is -5.55. The molecule has 2 fully saturated rings. The highest BCUT2D eigenvalue weighted by Gasteiger charge is 2.65. The molecule has 1 saturated heterocycles. The lowest BCUT2D eigenvalue weighted by atomic mass is 10.1. The van der Waals surface area contributed by atoms with Crippen molar-refractivity contribution in [2.24, 2.45) is 0 Å². The van der Waals surface area contributed by atoms with E-state index in [0.29, 0.717) is 29.8 Å². The number of amides is 3. The van der Waals surface area contributed by atoms with Gasteiger partial charge in [0.15, 0.2) is 0 Å². The van der Waals surface area contributed by atoms with Gasteiger partial charge in [-0.1, -0.05) is 0 Å². The summed E-state index contributed by atoms with van der Waals surface area (Å²) >= 11 is 0. The van der Waals surface area contributed by atoms with E-state index in [1.807, 2.05) is 0 Å². The number of aromatic nitrogens is 3. The molecule has 2 aromatic heterocycles. The van der Waals surface area contributed by atoms with Crippen LogP contribution < -0.4 is 4.90 Å². The number of carbonyl (C=O) groups is 2. The molecule has 0 atom stereocenters. The summed E-state index contributed by atoms with van der Waals surface area (Å²) in [5.74, 6) is 0.0433. The van der Waals surface area contributed by atoms with Gasteiger partial charge in [-0.3, -0.25) is 9.78 Å². The van der Waals surface area contributed by atoms with Crippen molar-refractivity contribution in [3.63, 3.8) is 0 Å². The van der Waals surface area contributed by atoms with Crippen molar-refractivity contribution in [2.75, 3.05) is 4.90 Å². The van der Waals surface area contributed by atoms with E-state index in [1.165, 1.54) is 4.90 Å². The molecule has 0 radical (unpaired) electrons. The molecule has 1 N–H and O–H groups in total. The summed E-state index contributed by atoms with van der Waals surface area (Å²) in [6.07, 6.45) is 7.24. The number of alkyl halides is 3. The van der Waals surface area contributed by atoms with Gasteiger partial charge in [-0.15, -0.1) is 0 Å². The molecule has 3 aromatic rings. The van der Waals surface area contributed by atoms with Gasteiger partial charge in [0, 0.05) is 36.9 Å². The SMILES string of the molecule is O=C1N(c2ccc(S(=O)(=O)C(F)(F)F)cc2)C(=O)C2(CC2)N1Cc1ccncc1-c1ncc[nH]1. The van der Waals surface area contributed by atoms with Crippen LogP contribution in [-0.4, -0.2) is 51.3 Å². The van der Waals surface area contributed by atoms with Gasteiger partial charge in [0.25, 0.3) is 15.7 Å². The maximum Gasteiger partial charge on any atom is 0.501 e. The molecule has 13 heteroatoms. The highest BCUT2D eigenvalue weighted by Crippen LogP contribution is 2.50. The molecule has 1 aliphatic carbocycles. The Hall–Kier alpha value is -3.74. The third-order valence-corrected chi connectivity index (χ3v) is 7.47. The number of urea groups is 1. The minimum absolute atomic E-state index is 0.00844. The van der Waals surface area contributed by atoms with Gasteiger partial charge in [0.05, 0.1) is 10.6 Å². The van der Waals surface area contributed by atoms with E-state index >= 15 is 0 Å². The number of rotatable bonds is 5. The van der Waals surface area contributed by atoms with Crippen LogP contribution in [0.4, 0.5) is 23.7 Å². The van der Waals surface area contributed by atoms with Crippen molar-refractivity contribution >= 4 is 27.5 Å². The number of pyridine rings is 1. The molecule has 0 bridgehead atoms. The number of aromatic amines is 1. The predicted octanol–water partition coefficient (Wildman–Crippen LogP) is 3.27. The van der Waals surface area contributed by atoms with Crippen molar-refractivity contribution in [1.29, 1.82) is 0 Å². The van der Waals surface area contributed by atoms with Gasteiger partial charge < -0.3 is 9.88 Å². The van der Waals surface area contributed by atoms with E-state index in [-0.39, 0.29) is 12.2 Å². The van der Waals surface area contributed by atoms with Gasteiger partial charge in [0.2, 0.25) is 0 Å². The average Bonchev–Trinajstić information content (AvgIpc) is 3.36. The van der Waals surface area contributed by atoms with E-state index in [2.05, 4.69) is 15.0 Å². The molecule has 1 spiro atoms. The molecule has 3 amide bonds. The summed E-state index contributed by atoms with van der Waals surface area (Å²) in [6, 6.07) is 4.59. The van der Waals surface area contributed by atoms with Crippen LogP contribution in [0.5, 0.6) is 0 Å². The van der Waals surface area contributed by atoms with Crippen molar-refractivity contribution < 1.29 is 31.2 Å². The Balaban J connectivity index is 1.46. The van der Waals surface area contributed by atoms with Crippen molar-refractivity contribution in [3.05, 3.63) is 60.7 Å². The van der Waals surface area contributed by atoms with E-state index < -0.39 is 37.7 Å². The maximum atomic E-state index is 13.3. The summed E-state index contributed by atoms with van der Waals surface area (Å²) in [4.78, 5) is 39.1. The third-order valence-electron chi connectivity index (χ3n) is 5.97. The second-order valence-electron chi connectivity index (χ2n) is 7.95. The first-order valence-electron chi connectivity index (χ1n) is 10.1. The van der Waals surface area contributed by atoms with Gasteiger partial charge in [-0.05, 0) is 48.7 Å². The molecule has 1 aromatic carbocycles. The fraction of sp³-hybridized carbons (Fsp3) is 0.238. The Morgan fingerprint density at radius 1 is 1.06 bits per heavy atom. The Morgan fingerprint density at radius 2 is 1.76 bits per heavy atom. The number of nitrogens with zero attached hydrogens (tertiary/aromatic N) is 4. The van der Waals surface area contributed by atoms with E-state index in [9.17, 15) is 31.2 Å². The molecule has 1 aliphatic heterocycles. The molecular formula is C21H16F3N5O4S. The second kappa shape index (κ2) is 7.38. The number of imide groups is 1. The first-order chi connectivity index (χ1) is 16.1. The largest absolute Gasteiger partial charge is 0.501 e. The van der Waals surface area contributed by atoms with Crippen LogP contribution >= 0.6 is 0 Å². The molecule has 2 aliphatic rings.